The number of thiophene rings is 1. The first kappa shape index (κ1) is 12.0. The molecule has 0 aliphatic heterocycles. The number of aryl methyl sites for hydroxylation is 1. The molecule has 1 aromatic carbocycles. The van der Waals surface area contributed by atoms with Crippen molar-refractivity contribution >= 4 is 17.1 Å². The molecule has 2 aromatic rings. The van der Waals surface area contributed by atoms with Crippen LogP contribution in [0, 0.1) is 5.82 Å². The van der Waals surface area contributed by atoms with E-state index in [-0.39, 0.29) is 18.0 Å². The molecular weight excluding hydrogens is 235 g/mol. The summed E-state index contributed by atoms with van der Waals surface area (Å²) in [5.41, 5.74) is 1.81. The van der Waals surface area contributed by atoms with E-state index in [1.165, 1.54) is 23.5 Å². The Hall–Kier alpha value is -1.48. The lowest BCUT2D eigenvalue weighted by Crippen LogP contribution is -2.04. The fourth-order valence-corrected chi connectivity index (χ4v) is 2.71. The first-order valence-electron chi connectivity index (χ1n) is 5.54. The van der Waals surface area contributed by atoms with E-state index in [2.05, 4.69) is 0 Å². The SMILES string of the molecule is CCc1ccsc1C(=O)Cc1cccc(F)c1. The van der Waals surface area contributed by atoms with Gasteiger partial charge in [0.15, 0.2) is 5.78 Å². The largest absolute Gasteiger partial charge is 0.293 e. The van der Waals surface area contributed by atoms with Gasteiger partial charge in [0.25, 0.3) is 0 Å². The second-order valence-electron chi connectivity index (χ2n) is 3.86. The number of halogens is 1. The number of carbonyl (C=O) groups excluding carboxylic acids is 1. The molecule has 0 aliphatic rings. The van der Waals surface area contributed by atoms with E-state index in [0.29, 0.717) is 0 Å². The Kier molecular flexibility index (Phi) is 3.69. The van der Waals surface area contributed by atoms with E-state index < -0.39 is 0 Å². The minimum absolute atomic E-state index is 0.0717. The number of hydrogen-bond acceptors (Lipinski definition) is 2. The second kappa shape index (κ2) is 5.23. The van der Waals surface area contributed by atoms with E-state index in [9.17, 15) is 9.18 Å². The molecule has 0 aliphatic carbocycles. The lowest BCUT2D eigenvalue weighted by molar-refractivity contribution is 0.0996. The Morgan fingerprint density at radius 1 is 1.35 bits per heavy atom. The first-order valence-corrected chi connectivity index (χ1v) is 6.42. The fourth-order valence-electron chi connectivity index (χ4n) is 1.77. The molecule has 1 aromatic heterocycles. The van der Waals surface area contributed by atoms with Crippen molar-refractivity contribution in [1.29, 1.82) is 0 Å². The van der Waals surface area contributed by atoms with E-state index >= 15 is 0 Å². The van der Waals surface area contributed by atoms with Gasteiger partial charge in [-0.3, -0.25) is 4.79 Å². The average molecular weight is 248 g/mol. The Labute approximate surface area is 104 Å². The molecule has 1 nitrogen and oxygen atoms in total. The van der Waals surface area contributed by atoms with Gasteiger partial charge < -0.3 is 0 Å². The second-order valence-corrected chi connectivity index (χ2v) is 4.77. The van der Waals surface area contributed by atoms with Crippen LogP contribution < -0.4 is 0 Å². The number of hydrogen-bond donors (Lipinski definition) is 0. The van der Waals surface area contributed by atoms with E-state index in [4.69, 9.17) is 0 Å². The topological polar surface area (TPSA) is 17.1 Å². The molecule has 0 atom stereocenters. The smallest absolute Gasteiger partial charge is 0.177 e. The highest BCUT2D eigenvalue weighted by atomic mass is 32.1. The van der Waals surface area contributed by atoms with Crippen molar-refractivity contribution in [2.45, 2.75) is 19.8 Å². The van der Waals surface area contributed by atoms with Gasteiger partial charge in [-0.2, -0.15) is 0 Å². The van der Waals surface area contributed by atoms with Gasteiger partial charge in [-0.25, -0.2) is 4.39 Å². The fraction of sp³-hybridized carbons (Fsp3) is 0.214. The van der Waals surface area contributed by atoms with Gasteiger partial charge in [-0.15, -0.1) is 11.3 Å². The van der Waals surface area contributed by atoms with Crippen LogP contribution in [0.15, 0.2) is 35.7 Å². The Balaban J connectivity index is 2.17. The first-order chi connectivity index (χ1) is 8.20. The highest BCUT2D eigenvalue weighted by molar-refractivity contribution is 7.12. The van der Waals surface area contributed by atoms with Gasteiger partial charge >= 0.3 is 0 Å². The van der Waals surface area contributed by atoms with Crippen molar-refractivity contribution in [3.05, 3.63) is 57.5 Å². The summed E-state index contributed by atoms with van der Waals surface area (Å²) < 4.78 is 13.0. The zero-order valence-electron chi connectivity index (χ0n) is 9.57. The van der Waals surface area contributed by atoms with E-state index in [1.54, 1.807) is 12.1 Å². The molecular formula is C14H13FOS. The third kappa shape index (κ3) is 2.80. The molecule has 2 rings (SSSR count). The molecule has 0 radical (unpaired) electrons. The summed E-state index contributed by atoms with van der Waals surface area (Å²) in [7, 11) is 0. The highest BCUT2D eigenvalue weighted by Crippen LogP contribution is 2.20. The van der Waals surface area contributed by atoms with Crippen LogP contribution in [0.1, 0.15) is 27.7 Å². The van der Waals surface area contributed by atoms with Crippen molar-refractivity contribution in [2.24, 2.45) is 0 Å². The van der Waals surface area contributed by atoms with E-state index in [0.717, 1.165) is 22.4 Å². The van der Waals surface area contributed by atoms with Crippen molar-refractivity contribution in [3.63, 3.8) is 0 Å². The summed E-state index contributed by atoms with van der Waals surface area (Å²) in [4.78, 5) is 12.9. The van der Waals surface area contributed by atoms with Gasteiger partial charge in [-0.1, -0.05) is 19.1 Å². The predicted molar refractivity (Wildman–Crippen MR) is 68.1 cm³/mol. The summed E-state index contributed by atoms with van der Waals surface area (Å²) in [6.07, 6.45) is 1.12. The van der Waals surface area contributed by atoms with Crippen molar-refractivity contribution in [2.75, 3.05) is 0 Å². The molecule has 0 N–H and O–H groups in total. The maximum atomic E-state index is 13.0. The zero-order chi connectivity index (χ0) is 12.3. The van der Waals surface area contributed by atoms with Gasteiger partial charge in [-0.05, 0) is 41.1 Å². The van der Waals surface area contributed by atoms with Crippen LogP contribution in [0.5, 0.6) is 0 Å². The van der Waals surface area contributed by atoms with Crippen LogP contribution in [0.3, 0.4) is 0 Å². The van der Waals surface area contributed by atoms with Crippen LogP contribution in [0.4, 0.5) is 4.39 Å². The molecule has 0 bridgehead atoms. The van der Waals surface area contributed by atoms with Crippen LogP contribution in [0.25, 0.3) is 0 Å². The van der Waals surface area contributed by atoms with Crippen LogP contribution >= 0.6 is 11.3 Å². The average Bonchev–Trinajstić information content (AvgIpc) is 2.77. The molecule has 0 fully saturated rings. The molecule has 17 heavy (non-hydrogen) atoms. The summed E-state index contributed by atoms with van der Waals surface area (Å²) in [5, 5.41) is 1.93. The number of benzene rings is 1. The van der Waals surface area contributed by atoms with Crippen LogP contribution in [-0.2, 0) is 12.8 Å². The maximum Gasteiger partial charge on any atom is 0.177 e. The molecule has 1 heterocycles. The monoisotopic (exact) mass is 248 g/mol. The van der Waals surface area contributed by atoms with Gasteiger partial charge in [0.1, 0.15) is 5.82 Å². The third-order valence-electron chi connectivity index (χ3n) is 2.63. The third-order valence-corrected chi connectivity index (χ3v) is 3.63. The van der Waals surface area contributed by atoms with Gasteiger partial charge in [0, 0.05) is 6.42 Å². The summed E-state index contributed by atoms with van der Waals surface area (Å²) in [6, 6.07) is 8.19. The summed E-state index contributed by atoms with van der Waals surface area (Å²) in [5.74, 6) is -0.223. The normalized spacial score (nSPS) is 10.5. The van der Waals surface area contributed by atoms with Gasteiger partial charge in [0.05, 0.1) is 4.88 Å². The molecule has 88 valence electrons. The molecule has 0 spiro atoms. The van der Waals surface area contributed by atoms with Crippen molar-refractivity contribution in [1.82, 2.24) is 0 Å². The minimum Gasteiger partial charge on any atom is -0.293 e. The Bertz CT molecular complexity index is 531. The van der Waals surface area contributed by atoms with Crippen LogP contribution in [-0.4, -0.2) is 5.78 Å². The zero-order valence-corrected chi connectivity index (χ0v) is 10.4. The number of carbonyl (C=O) groups is 1. The standard InChI is InChI=1S/C14H13FOS/c1-2-11-6-7-17-14(11)13(16)9-10-4-3-5-12(15)8-10/h3-8H,2,9H2,1H3. The van der Waals surface area contributed by atoms with Crippen LogP contribution in [0.2, 0.25) is 0 Å². The van der Waals surface area contributed by atoms with E-state index in [1.807, 2.05) is 18.4 Å². The molecule has 3 heteroatoms. The lowest BCUT2D eigenvalue weighted by atomic mass is 10.1. The predicted octanol–water partition coefficient (Wildman–Crippen LogP) is 3.88. The molecule has 0 amide bonds. The quantitative estimate of drug-likeness (QED) is 0.750. The molecule has 0 saturated heterocycles. The summed E-state index contributed by atoms with van der Waals surface area (Å²) in [6.45, 7) is 2.03. The van der Waals surface area contributed by atoms with Gasteiger partial charge in [0.2, 0.25) is 0 Å². The minimum atomic E-state index is -0.294. The lowest BCUT2D eigenvalue weighted by Gasteiger charge is -2.02. The molecule has 0 saturated carbocycles. The summed E-state index contributed by atoms with van der Waals surface area (Å²) >= 11 is 1.46. The Morgan fingerprint density at radius 2 is 2.18 bits per heavy atom. The molecule has 0 unspecified atom stereocenters. The maximum absolute atomic E-state index is 13.0. The van der Waals surface area contributed by atoms with Crippen molar-refractivity contribution < 1.29 is 9.18 Å². The van der Waals surface area contributed by atoms with Crippen molar-refractivity contribution in [3.8, 4) is 0 Å². The Morgan fingerprint density at radius 3 is 2.88 bits per heavy atom. The number of ketones is 1. The number of rotatable bonds is 4. The number of Topliss-reactive ketones (excluding diaryl/α,β-unsaturated/α-hetero) is 1. The highest BCUT2D eigenvalue weighted by Gasteiger charge is 2.12.